The van der Waals surface area contributed by atoms with Gasteiger partial charge in [-0.05, 0) is 31.9 Å². The van der Waals surface area contributed by atoms with Crippen molar-refractivity contribution in [3.8, 4) is 11.3 Å². The number of aromatic nitrogens is 3. The molecule has 0 radical (unpaired) electrons. The zero-order chi connectivity index (χ0) is 20.5. The van der Waals surface area contributed by atoms with E-state index < -0.39 is 16.2 Å². The third kappa shape index (κ3) is 4.18. The lowest BCUT2D eigenvalue weighted by Crippen LogP contribution is -2.44. The molecule has 1 N–H and O–H groups in total. The molecule has 2 aromatic rings. The van der Waals surface area contributed by atoms with Gasteiger partial charge in [-0.15, -0.1) is 0 Å². The van der Waals surface area contributed by atoms with E-state index in [2.05, 4.69) is 15.0 Å². The molecule has 1 fully saturated rings. The molecule has 0 atom stereocenters. The van der Waals surface area contributed by atoms with Crippen molar-refractivity contribution >= 4 is 16.2 Å². The molecule has 2 aromatic heterocycles. The first-order valence-electron chi connectivity index (χ1n) is 8.90. The molecular weight excluding hydrogens is 382 g/mol. The standard InChI is InChI=1S/C18H23N5O4S/c1-12-20-16(13-4-6-23(7-5-13)28(26,27)22(2)3)9-17(21-12)14-8-15(18(24)25)11-19-10-14/h8-11,13H,4-7H2,1-3H3,(H,24,25). The summed E-state index contributed by atoms with van der Waals surface area (Å²) in [6, 6.07) is 3.38. The Morgan fingerprint density at radius 1 is 1.18 bits per heavy atom. The van der Waals surface area contributed by atoms with Crippen LogP contribution in [0.1, 0.15) is 40.6 Å². The van der Waals surface area contributed by atoms with Crippen molar-refractivity contribution in [3.05, 3.63) is 41.6 Å². The number of nitrogens with zero attached hydrogens (tertiary/aromatic N) is 5. The molecule has 150 valence electrons. The van der Waals surface area contributed by atoms with Crippen molar-refractivity contribution in [2.45, 2.75) is 25.7 Å². The number of piperidine rings is 1. The lowest BCUT2D eigenvalue weighted by molar-refractivity contribution is 0.0696. The number of aryl methyl sites for hydroxylation is 1. The number of carboxylic acid groups (broad SMARTS) is 1. The zero-order valence-corrected chi connectivity index (χ0v) is 16.8. The molecule has 1 aliphatic rings. The van der Waals surface area contributed by atoms with Gasteiger partial charge in [-0.3, -0.25) is 4.98 Å². The summed E-state index contributed by atoms with van der Waals surface area (Å²) >= 11 is 0. The van der Waals surface area contributed by atoms with Gasteiger partial charge in [0.25, 0.3) is 10.2 Å². The number of pyridine rings is 1. The summed E-state index contributed by atoms with van der Waals surface area (Å²) in [7, 11) is -0.351. The van der Waals surface area contributed by atoms with Crippen LogP contribution in [-0.4, -0.2) is 70.2 Å². The molecule has 28 heavy (non-hydrogen) atoms. The van der Waals surface area contributed by atoms with Gasteiger partial charge in [0.15, 0.2) is 0 Å². The molecule has 9 nitrogen and oxygen atoms in total. The van der Waals surface area contributed by atoms with Gasteiger partial charge >= 0.3 is 5.97 Å². The van der Waals surface area contributed by atoms with Gasteiger partial charge in [0.2, 0.25) is 0 Å². The van der Waals surface area contributed by atoms with Crippen LogP contribution in [0.3, 0.4) is 0 Å². The first-order chi connectivity index (χ1) is 13.2. The zero-order valence-electron chi connectivity index (χ0n) is 16.0. The molecule has 10 heteroatoms. The number of aromatic carboxylic acids is 1. The summed E-state index contributed by atoms with van der Waals surface area (Å²) in [5, 5.41) is 9.17. The Hall–Kier alpha value is -2.43. The van der Waals surface area contributed by atoms with Crippen LogP contribution in [0, 0.1) is 6.92 Å². The Morgan fingerprint density at radius 3 is 2.46 bits per heavy atom. The van der Waals surface area contributed by atoms with Crippen LogP contribution < -0.4 is 0 Å². The fourth-order valence-corrected chi connectivity index (χ4v) is 4.39. The maximum absolute atomic E-state index is 12.3. The molecule has 0 saturated carbocycles. The fraction of sp³-hybridized carbons (Fsp3) is 0.444. The predicted octanol–water partition coefficient (Wildman–Crippen LogP) is 1.53. The summed E-state index contributed by atoms with van der Waals surface area (Å²) in [5.74, 6) is -0.351. The van der Waals surface area contributed by atoms with Crippen molar-refractivity contribution in [2.24, 2.45) is 0 Å². The van der Waals surface area contributed by atoms with E-state index in [4.69, 9.17) is 5.11 Å². The Bertz CT molecular complexity index is 985. The Labute approximate surface area is 164 Å². The van der Waals surface area contributed by atoms with Gasteiger partial charge in [0.1, 0.15) is 5.82 Å². The first-order valence-corrected chi connectivity index (χ1v) is 10.3. The number of hydrogen-bond acceptors (Lipinski definition) is 6. The number of carboxylic acids is 1. The Morgan fingerprint density at radius 2 is 1.86 bits per heavy atom. The van der Waals surface area contributed by atoms with E-state index in [1.165, 1.54) is 35.0 Å². The minimum absolute atomic E-state index is 0.0949. The van der Waals surface area contributed by atoms with Gasteiger partial charge in [0, 0.05) is 56.8 Å². The largest absolute Gasteiger partial charge is 0.478 e. The average molecular weight is 405 g/mol. The van der Waals surface area contributed by atoms with Crippen LogP contribution >= 0.6 is 0 Å². The van der Waals surface area contributed by atoms with E-state index >= 15 is 0 Å². The number of rotatable bonds is 5. The Balaban J connectivity index is 1.83. The van der Waals surface area contributed by atoms with E-state index in [0.717, 1.165) is 5.69 Å². The molecule has 0 spiro atoms. The smallest absolute Gasteiger partial charge is 0.337 e. The number of carbonyl (C=O) groups is 1. The normalized spacial score (nSPS) is 16.4. The molecule has 3 rings (SSSR count). The lowest BCUT2D eigenvalue weighted by Gasteiger charge is -2.32. The van der Waals surface area contributed by atoms with Crippen molar-refractivity contribution in [1.29, 1.82) is 0 Å². The van der Waals surface area contributed by atoms with Crippen LogP contribution in [0.4, 0.5) is 0 Å². The minimum atomic E-state index is -3.41. The monoisotopic (exact) mass is 405 g/mol. The Kier molecular flexibility index (Phi) is 5.73. The summed E-state index contributed by atoms with van der Waals surface area (Å²) in [4.78, 5) is 24.1. The first kappa shape index (κ1) is 20.3. The average Bonchev–Trinajstić information content (AvgIpc) is 2.67. The quantitative estimate of drug-likeness (QED) is 0.802. The second-order valence-electron chi connectivity index (χ2n) is 6.96. The highest BCUT2D eigenvalue weighted by atomic mass is 32.2. The van der Waals surface area contributed by atoms with E-state index in [0.29, 0.717) is 43.0 Å². The highest BCUT2D eigenvalue weighted by molar-refractivity contribution is 7.86. The fourth-order valence-electron chi connectivity index (χ4n) is 3.26. The maximum atomic E-state index is 12.3. The predicted molar refractivity (Wildman–Crippen MR) is 103 cm³/mol. The second-order valence-corrected chi connectivity index (χ2v) is 9.10. The molecule has 0 bridgehead atoms. The molecule has 1 aliphatic heterocycles. The molecular formula is C18H23N5O4S. The molecule has 0 aliphatic carbocycles. The summed E-state index contributed by atoms with van der Waals surface area (Å²) in [5.41, 5.74) is 2.16. The van der Waals surface area contributed by atoms with Crippen LogP contribution in [0.15, 0.2) is 24.5 Å². The molecule has 0 aromatic carbocycles. The maximum Gasteiger partial charge on any atom is 0.337 e. The molecule has 0 unspecified atom stereocenters. The summed E-state index contributed by atoms with van der Waals surface area (Å²) < 4.78 is 27.3. The summed E-state index contributed by atoms with van der Waals surface area (Å²) in [6.45, 7) is 2.65. The molecule has 3 heterocycles. The molecule has 0 amide bonds. The van der Waals surface area contributed by atoms with Crippen molar-refractivity contribution in [1.82, 2.24) is 23.6 Å². The van der Waals surface area contributed by atoms with E-state index in [-0.39, 0.29) is 11.5 Å². The second kappa shape index (κ2) is 7.90. The summed E-state index contributed by atoms with van der Waals surface area (Å²) in [6.07, 6.45) is 4.19. The highest BCUT2D eigenvalue weighted by Gasteiger charge is 2.30. The van der Waals surface area contributed by atoms with E-state index in [9.17, 15) is 13.2 Å². The van der Waals surface area contributed by atoms with Gasteiger partial charge in [-0.25, -0.2) is 14.8 Å². The van der Waals surface area contributed by atoms with Crippen molar-refractivity contribution < 1.29 is 18.3 Å². The topological polar surface area (TPSA) is 117 Å². The van der Waals surface area contributed by atoms with Crippen LogP contribution in [-0.2, 0) is 10.2 Å². The SMILES string of the molecule is Cc1nc(-c2cncc(C(=O)O)c2)cc(C2CCN(S(=O)(=O)N(C)C)CC2)n1. The van der Waals surface area contributed by atoms with Gasteiger partial charge < -0.3 is 5.11 Å². The minimum Gasteiger partial charge on any atom is -0.478 e. The number of hydrogen-bond donors (Lipinski definition) is 1. The van der Waals surface area contributed by atoms with Gasteiger partial charge in [0.05, 0.1) is 11.3 Å². The third-order valence-electron chi connectivity index (χ3n) is 4.80. The van der Waals surface area contributed by atoms with Crippen molar-refractivity contribution in [3.63, 3.8) is 0 Å². The van der Waals surface area contributed by atoms with Crippen molar-refractivity contribution in [2.75, 3.05) is 27.2 Å². The van der Waals surface area contributed by atoms with Gasteiger partial charge in [-0.2, -0.15) is 17.0 Å². The lowest BCUT2D eigenvalue weighted by atomic mass is 9.93. The van der Waals surface area contributed by atoms with Crippen LogP contribution in [0.2, 0.25) is 0 Å². The van der Waals surface area contributed by atoms with E-state index in [1.54, 1.807) is 13.1 Å². The van der Waals surface area contributed by atoms with Crippen LogP contribution in [0.5, 0.6) is 0 Å². The van der Waals surface area contributed by atoms with E-state index in [1.807, 2.05) is 6.07 Å². The highest BCUT2D eigenvalue weighted by Crippen LogP contribution is 2.30. The van der Waals surface area contributed by atoms with Crippen LogP contribution in [0.25, 0.3) is 11.3 Å². The van der Waals surface area contributed by atoms with Gasteiger partial charge in [-0.1, -0.05) is 0 Å². The molecule has 1 saturated heterocycles. The third-order valence-corrected chi connectivity index (χ3v) is 6.74.